The van der Waals surface area contributed by atoms with E-state index in [1.54, 1.807) is 12.2 Å². The number of rotatable bonds is 12. The number of allylic oxidation sites excluding steroid dienone is 8. The van der Waals surface area contributed by atoms with Gasteiger partial charge in [-0.2, -0.15) is 0 Å². The Labute approximate surface area is 156 Å². The molecular formula is C22H30O4. The normalized spacial score (nSPS) is 21.8. The van der Waals surface area contributed by atoms with Gasteiger partial charge in [-0.3, -0.25) is 9.59 Å². The Balaban J connectivity index is 2.33. The molecule has 0 heterocycles. The number of ketones is 1. The van der Waals surface area contributed by atoms with Gasteiger partial charge in [0.1, 0.15) is 0 Å². The second-order valence-electron chi connectivity index (χ2n) is 6.37. The highest BCUT2D eigenvalue weighted by atomic mass is 16.4. The van der Waals surface area contributed by atoms with Gasteiger partial charge in [0.15, 0.2) is 5.78 Å². The average molecular weight is 358 g/mol. The van der Waals surface area contributed by atoms with Crippen LogP contribution in [0, 0.1) is 11.8 Å². The molecular weight excluding hydrogens is 328 g/mol. The predicted molar refractivity (Wildman–Crippen MR) is 105 cm³/mol. The number of hydrogen-bond acceptors (Lipinski definition) is 3. The van der Waals surface area contributed by atoms with Gasteiger partial charge in [-0.15, -0.1) is 0 Å². The summed E-state index contributed by atoms with van der Waals surface area (Å²) in [6, 6.07) is 0. The fourth-order valence-electron chi connectivity index (χ4n) is 2.70. The number of carboxylic acid groups (broad SMARTS) is 1. The Kier molecular flexibility index (Phi) is 11.0. The molecule has 4 heteroatoms. The van der Waals surface area contributed by atoms with Crippen LogP contribution in [-0.2, 0) is 9.59 Å². The van der Waals surface area contributed by atoms with E-state index in [2.05, 4.69) is 19.1 Å². The molecule has 0 aromatic rings. The van der Waals surface area contributed by atoms with Crippen molar-refractivity contribution in [2.24, 2.45) is 11.8 Å². The van der Waals surface area contributed by atoms with Gasteiger partial charge in [-0.05, 0) is 44.1 Å². The first-order chi connectivity index (χ1) is 12.5. The molecule has 0 saturated carbocycles. The minimum atomic E-state index is -0.792. The Morgan fingerprint density at radius 2 is 1.96 bits per heavy atom. The van der Waals surface area contributed by atoms with Crippen molar-refractivity contribution in [1.29, 1.82) is 0 Å². The number of hydrogen-bond donors (Lipinski definition) is 2. The summed E-state index contributed by atoms with van der Waals surface area (Å²) in [7, 11) is 0. The molecule has 4 nitrogen and oxygen atoms in total. The Hall–Kier alpha value is -2.20. The summed E-state index contributed by atoms with van der Waals surface area (Å²) < 4.78 is 0. The lowest BCUT2D eigenvalue weighted by Gasteiger charge is -2.13. The molecule has 0 amide bonds. The molecule has 142 valence electrons. The number of aliphatic hydroxyl groups excluding tert-OH is 1. The van der Waals surface area contributed by atoms with E-state index < -0.39 is 12.1 Å². The van der Waals surface area contributed by atoms with Gasteiger partial charge in [0.05, 0.1) is 6.10 Å². The number of aliphatic hydroxyl groups is 1. The van der Waals surface area contributed by atoms with Crippen LogP contribution in [0.4, 0.5) is 0 Å². The molecule has 1 rings (SSSR count). The quantitative estimate of drug-likeness (QED) is 0.507. The van der Waals surface area contributed by atoms with Gasteiger partial charge >= 0.3 is 5.97 Å². The summed E-state index contributed by atoms with van der Waals surface area (Å²) in [4.78, 5) is 22.3. The molecule has 0 radical (unpaired) electrons. The fourth-order valence-corrected chi connectivity index (χ4v) is 2.70. The van der Waals surface area contributed by atoms with Gasteiger partial charge in [0.25, 0.3) is 0 Å². The third kappa shape index (κ3) is 9.33. The third-order valence-electron chi connectivity index (χ3n) is 4.16. The van der Waals surface area contributed by atoms with Crippen molar-refractivity contribution >= 4 is 11.8 Å². The van der Waals surface area contributed by atoms with Crippen LogP contribution in [0.15, 0.2) is 60.8 Å². The van der Waals surface area contributed by atoms with Crippen LogP contribution < -0.4 is 0 Å². The zero-order valence-corrected chi connectivity index (χ0v) is 15.5. The molecule has 0 aromatic carbocycles. The van der Waals surface area contributed by atoms with Crippen molar-refractivity contribution in [2.75, 3.05) is 0 Å². The van der Waals surface area contributed by atoms with Crippen molar-refractivity contribution < 1.29 is 19.8 Å². The minimum Gasteiger partial charge on any atom is -0.481 e. The summed E-state index contributed by atoms with van der Waals surface area (Å²) in [5.41, 5.74) is 0. The summed E-state index contributed by atoms with van der Waals surface area (Å²) in [5, 5.41) is 18.6. The second-order valence-corrected chi connectivity index (χ2v) is 6.37. The van der Waals surface area contributed by atoms with E-state index in [1.807, 2.05) is 36.5 Å². The van der Waals surface area contributed by atoms with Crippen LogP contribution in [-0.4, -0.2) is 28.1 Å². The Bertz CT molecular complexity index is 581. The highest BCUT2D eigenvalue weighted by molar-refractivity contribution is 5.95. The minimum absolute atomic E-state index is 0.102. The van der Waals surface area contributed by atoms with Crippen molar-refractivity contribution in [2.45, 2.75) is 51.6 Å². The summed E-state index contributed by atoms with van der Waals surface area (Å²) >= 11 is 0. The van der Waals surface area contributed by atoms with Crippen LogP contribution in [0.25, 0.3) is 0 Å². The highest BCUT2D eigenvalue weighted by Crippen LogP contribution is 2.27. The van der Waals surface area contributed by atoms with Gasteiger partial charge < -0.3 is 10.2 Å². The molecule has 1 aliphatic carbocycles. The third-order valence-corrected chi connectivity index (χ3v) is 4.16. The maximum absolute atomic E-state index is 12.0. The Morgan fingerprint density at radius 3 is 2.69 bits per heavy atom. The molecule has 1 aliphatic rings. The summed E-state index contributed by atoms with van der Waals surface area (Å²) in [6.07, 6.45) is 22.1. The van der Waals surface area contributed by atoms with Crippen molar-refractivity contribution in [3.8, 4) is 0 Å². The van der Waals surface area contributed by atoms with Crippen molar-refractivity contribution in [3.05, 3.63) is 60.8 Å². The SMILES string of the molecule is CC/C=C\C[C@H]1C=CC(=O)[C@H]1/C=C/[C@@H](O)C/C=C\C/C=C\CCC(=O)O. The van der Waals surface area contributed by atoms with Gasteiger partial charge in [-0.25, -0.2) is 0 Å². The lowest BCUT2D eigenvalue weighted by Crippen LogP contribution is -2.14. The first-order valence-corrected chi connectivity index (χ1v) is 9.29. The largest absolute Gasteiger partial charge is 0.481 e. The van der Waals surface area contributed by atoms with Crippen molar-refractivity contribution in [1.82, 2.24) is 0 Å². The smallest absolute Gasteiger partial charge is 0.303 e. The van der Waals surface area contributed by atoms with E-state index in [1.165, 1.54) is 0 Å². The monoisotopic (exact) mass is 358 g/mol. The molecule has 0 aliphatic heterocycles. The molecule has 0 aromatic heterocycles. The number of carboxylic acids is 1. The lowest BCUT2D eigenvalue weighted by molar-refractivity contribution is -0.136. The fraction of sp³-hybridized carbons (Fsp3) is 0.455. The number of aliphatic carboxylic acids is 1. The summed E-state index contributed by atoms with van der Waals surface area (Å²) in [6.45, 7) is 2.08. The van der Waals surface area contributed by atoms with E-state index in [4.69, 9.17) is 5.11 Å². The van der Waals surface area contributed by atoms with E-state index in [-0.39, 0.29) is 24.0 Å². The number of carbonyl (C=O) groups excluding carboxylic acids is 1. The first kappa shape index (κ1) is 21.8. The second kappa shape index (κ2) is 13.1. The van der Waals surface area contributed by atoms with Gasteiger partial charge in [0.2, 0.25) is 0 Å². The summed E-state index contributed by atoms with van der Waals surface area (Å²) in [5.74, 6) is -0.683. The molecule has 26 heavy (non-hydrogen) atoms. The van der Waals surface area contributed by atoms with E-state index in [0.29, 0.717) is 19.3 Å². The molecule has 0 spiro atoms. The lowest BCUT2D eigenvalue weighted by atomic mass is 9.91. The van der Waals surface area contributed by atoms with Crippen LogP contribution in [0.1, 0.15) is 45.4 Å². The van der Waals surface area contributed by atoms with Crippen LogP contribution >= 0.6 is 0 Å². The average Bonchev–Trinajstić information content (AvgIpc) is 2.95. The molecule has 2 N–H and O–H groups in total. The van der Waals surface area contributed by atoms with Crippen LogP contribution in [0.5, 0.6) is 0 Å². The standard InChI is InChI=1S/C22H30O4/c1-2-3-8-11-18-14-17-21(24)20(18)16-15-19(23)12-9-6-4-5-7-10-13-22(25)26/h3,5-9,14-20,23H,2,4,10-13H2,1H3,(H,25,26)/b7-5-,8-3-,9-6-,16-15+/t18-,19-,20-/m0/s1. The van der Waals surface area contributed by atoms with Crippen LogP contribution in [0.2, 0.25) is 0 Å². The molecule has 3 atom stereocenters. The number of carbonyl (C=O) groups is 2. The molecule has 0 saturated heterocycles. The maximum atomic E-state index is 12.0. The van der Waals surface area contributed by atoms with Crippen LogP contribution in [0.3, 0.4) is 0 Å². The van der Waals surface area contributed by atoms with Gasteiger partial charge in [-0.1, -0.05) is 61.6 Å². The van der Waals surface area contributed by atoms with Gasteiger partial charge in [0, 0.05) is 12.3 Å². The zero-order chi connectivity index (χ0) is 19.2. The molecule has 0 fully saturated rings. The molecule has 0 bridgehead atoms. The maximum Gasteiger partial charge on any atom is 0.303 e. The van der Waals surface area contributed by atoms with E-state index in [9.17, 15) is 14.7 Å². The topological polar surface area (TPSA) is 74.6 Å². The van der Waals surface area contributed by atoms with E-state index in [0.717, 1.165) is 12.8 Å². The zero-order valence-electron chi connectivity index (χ0n) is 15.5. The predicted octanol–water partition coefficient (Wildman–Crippen LogP) is 4.39. The van der Waals surface area contributed by atoms with E-state index >= 15 is 0 Å². The first-order valence-electron chi connectivity index (χ1n) is 9.29. The van der Waals surface area contributed by atoms with Crippen molar-refractivity contribution in [3.63, 3.8) is 0 Å². The highest BCUT2D eigenvalue weighted by Gasteiger charge is 2.26. The molecule has 0 unspecified atom stereocenters. The Morgan fingerprint density at radius 1 is 1.19 bits per heavy atom.